The second-order valence-corrected chi connectivity index (χ2v) is 10.1. The zero-order chi connectivity index (χ0) is 28.7. The Morgan fingerprint density at radius 3 is 2.61 bits per heavy atom. The first kappa shape index (κ1) is 25.9. The number of benzene rings is 3. The molecule has 6 rings (SSSR count). The third kappa shape index (κ3) is 4.80. The van der Waals surface area contributed by atoms with Crippen LogP contribution in [0.15, 0.2) is 87.0 Å². The summed E-state index contributed by atoms with van der Waals surface area (Å²) in [6, 6.07) is 19.1. The molecule has 2 aromatic heterocycles. The Labute approximate surface area is 237 Å². The minimum absolute atomic E-state index is 0.0471. The number of carbonyl (C=O) groups excluding carboxylic acids is 1. The summed E-state index contributed by atoms with van der Waals surface area (Å²) in [5.41, 5.74) is 3.81. The van der Waals surface area contributed by atoms with Gasteiger partial charge in [0, 0.05) is 18.0 Å². The third-order valence-corrected chi connectivity index (χ3v) is 7.46. The van der Waals surface area contributed by atoms with Crippen LogP contribution >= 0.6 is 11.3 Å². The van der Waals surface area contributed by atoms with Gasteiger partial charge < -0.3 is 20.3 Å². The van der Waals surface area contributed by atoms with E-state index in [1.807, 2.05) is 48.7 Å². The van der Waals surface area contributed by atoms with E-state index >= 15 is 0 Å². The molecule has 0 aliphatic carbocycles. The fourth-order valence-electron chi connectivity index (χ4n) is 4.45. The van der Waals surface area contributed by atoms with Gasteiger partial charge in [0.25, 0.3) is 11.5 Å². The molecule has 0 radical (unpaired) electrons. The van der Waals surface area contributed by atoms with Gasteiger partial charge in [-0.25, -0.2) is 14.4 Å². The smallest absolute Gasteiger partial charge is 0.297 e. The summed E-state index contributed by atoms with van der Waals surface area (Å²) >= 11 is 1.29. The van der Waals surface area contributed by atoms with E-state index in [4.69, 9.17) is 9.73 Å². The van der Waals surface area contributed by atoms with Crippen LogP contribution in [0, 0.1) is 6.92 Å². The average molecular weight is 569 g/mol. The molecule has 0 saturated heterocycles. The molecule has 3 aromatic carbocycles. The van der Waals surface area contributed by atoms with E-state index in [9.17, 15) is 19.8 Å². The van der Waals surface area contributed by atoms with Crippen molar-refractivity contribution in [3.63, 3.8) is 0 Å². The van der Waals surface area contributed by atoms with Crippen LogP contribution in [0.25, 0.3) is 16.9 Å². The molecule has 0 fully saturated rings. The minimum Gasteiger partial charge on any atom is -0.504 e. The number of phenolic OH excluding ortho intramolecular Hbond substituents is 2. The lowest BCUT2D eigenvalue weighted by Gasteiger charge is -2.18. The quantitative estimate of drug-likeness (QED) is 0.219. The number of para-hydroxylation sites is 1. The predicted octanol–water partition coefficient (Wildman–Crippen LogP) is 3.87. The minimum atomic E-state index is -0.279. The summed E-state index contributed by atoms with van der Waals surface area (Å²) in [5.74, 6) is -0.206. The number of aromatic hydroxyl groups is 2. The molecule has 0 unspecified atom stereocenters. The van der Waals surface area contributed by atoms with Crippen molar-refractivity contribution in [3.8, 4) is 34.2 Å². The largest absolute Gasteiger partial charge is 0.504 e. The van der Waals surface area contributed by atoms with Crippen molar-refractivity contribution in [1.82, 2.24) is 14.0 Å². The van der Waals surface area contributed by atoms with Gasteiger partial charge in [0.15, 0.2) is 23.8 Å². The molecular weight excluding hydrogens is 544 g/mol. The highest BCUT2D eigenvalue weighted by Crippen LogP contribution is 2.33. The van der Waals surface area contributed by atoms with E-state index in [0.717, 1.165) is 5.56 Å². The zero-order valence-corrected chi connectivity index (χ0v) is 22.8. The molecule has 3 heterocycles. The van der Waals surface area contributed by atoms with Crippen molar-refractivity contribution in [2.45, 2.75) is 6.92 Å². The van der Waals surface area contributed by atoms with Gasteiger partial charge in [-0.05, 0) is 61.0 Å². The second-order valence-electron chi connectivity index (χ2n) is 9.28. The summed E-state index contributed by atoms with van der Waals surface area (Å²) < 4.78 is 10.4. The summed E-state index contributed by atoms with van der Waals surface area (Å²) in [6.45, 7) is 1.78. The maximum Gasteiger partial charge on any atom is 0.297 e. The molecule has 12 heteroatoms. The lowest BCUT2D eigenvalue weighted by Crippen LogP contribution is -2.25. The van der Waals surface area contributed by atoms with Crippen LogP contribution in [0.4, 0.5) is 11.4 Å². The number of thiazole rings is 1. The number of hydrogen-bond donors (Lipinski definition) is 3. The van der Waals surface area contributed by atoms with E-state index in [1.54, 1.807) is 39.3 Å². The molecule has 1 aliphatic heterocycles. The maximum atomic E-state index is 13.5. The van der Waals surface area contributed by atoms with Crippen molar-refractivity contribution in [2.75, 3.05) is 11.9 Å². The van der Waals surface area contributed by atoms with Gasteiger partial charge in [-0.3, -0.25) is 14.3 Å². The Hall–Kier alpha value is -5.36. The summed E-state index contributed by atoms with van der Waals surface area (Å²) in [4.78, 5) is 30.6. The number of aromatic nitrogens is 3. The predicted molar refractivity (Wildman–Crippen MR) is 156 cm³/mol. The first-order valence-electron chi connectivity index (χ1n) is 12.5. The Kier molecular flexibility index (Phi) is 6.52. The Bertz CT molecular complexity index is 1970. The number of hydrogen-bond acceptors (Lipinski definition) is 8. The van der Waals surface area contributed by atoms with Crippen LogP contribution in [0.2, 0.25) is 0 Å². The van der Waals surface area contributed by atoms with Crippen molar-refractivity contribution in [2.24, 2.45) is 17.1 Å². The van der Waals surface area contributed by atoms with Crippen LogP contribution in [-0.4, -0.2) is 43.0 Å². The van der Waals surface area contributed by atoms with Gasteiger partial charge in [-0.1, -0.05) is 18.2 Å². The summed E-state index contributed by atoms with van der Waals surface area (Å²) in [6.07, 6.45) is 1.51. The summed E-state index contributed by atoms with van der Waals surface area (Å²) in [5, 5.41) is 28.9. The lowest BCUT2D eigenvalue weighted by atomic mass is 10.1. The molecule has 206 valence electrons. The number of amides is 1. The molecule has 41 heavy (non-hydrogen) atoms. The van der Waals surface area contributed by atoms with E-state index in [2.05, 4.69) is 10.4 Å². The number of ether oxygens (including phenoxy) is 1. The Morgan fingerprint density at radius 2 is 1.83 bits per heavy atom. The SMILES string of the molecule is Cc1c(N=c2scc(-c3ccc4c(c3)NC(=O)CO4)n2N=Cc2ccc(O)c(O)c2)c(=O)n(-c2ccccc2)n1C. The standard InChI is InChI=1S/C29H24N6O5S/c1-17-27(28(39)35(33(17)2)20-6-4-3-5-7-20)32-29-34(30-14-18-8-10-23(36)24(37)12-18)22(16-41-29)19-9-11-25-21(13-19)31-26(38)15-40-25/h3-14,16,36-37H,15H2,1-2H3,(H,31,38). The van der Waals surface area contributed by atoms with Crippen molar-refractivity contribution < 1.29 is 19.7 Å². The number of carbonyl (C=O) groups is 1. The fourth-order valence-corrected chi connectivity index (χ4v) is 5.30. The third-order valence-electron chi connectivity index (χ3n) is 6.65. The van der Waals surface area contributed by atoms with Crippen LogP contribution in [0.3, 0.4) is 0 Å². The maximum absolute atomic E-state index is 13.5. The topological polar surface area (TPSA) is 135 Å². The van der Waals surface area contributed by atoms with Gasteiger partial charge in [0.1, 0.15) is 5.75 Å². The number of rotatable bonds is 5. The highest BCUT2D eigenvalue weighted by Gasteiger charge is 2.19. The van der Waals surface area contributed by atoms with Gasteiger partial charge in [-0.15, -0.1) is 11.3 Å². The Balaban J connectivity index is 1.52. The zero-order valence-electron chi connectivity index (χ0n) is 22.0. The first-order valence-corrected chi connectivity index (χ1v) is 13.4. The molecule has 0 spiro atoms. The van der Waals surface area contributed by atoms with Crippen LogP contribution in [-0.2, 0) is 11.8 Å². The highest BCUT2D eigenvalue weighted by molar-refractivity contribution is 7.07. The molecule has 5 aromatic rings. The van der Waals surface area contributed by atoms with Gasteiger partial charge in [0.05, 0.1) is 29.0 Å². The number of nitrogens with one attached hydrogen (secondary N) is 1. The molecule has 1 amide bonds. The number of fused-ring (bicyclic) bond motifs is 1. The monoisotopic (exact) mass is 568 g/mol. The van der Waals surface area contributed by atoms with Crippen molar-refractivity contribution >= 4 is 34.8 Å². The molecular formula is C29H24N6O5S. The van der Waals surface area contributed by atoms with Gasteiger partial charge >= 0.3 is 0 Å². The second kappa shape index (κ2) is 10.3. The lowest BCUT2D eigenvalue weighted by molar-refractivity contribution is -0.118. The van der Waals surface area contributed by atoms with Gasteiger partial charge in [-0.2, -0.15) is 5.10 Å². The molecule has 3 N–H and O–H groups in total. The fraction of sp³-hybridized carbons (Fsp3) is 0.103. The van der Waals surface area contributed by atoms with E-state index < -0.39 is 0 Å². The van der Waals surface area contributed by atoms with E-state index in [1.165, 1.54) is 29.7 Å². The van der Waals surface area contributed by atoms with Crippen molar-refractivity contribution in [3.05, 3.63) is 98.5 Å². The summed E-state index contributed by atoms with van der Waals surface area (Å²) in [7, 11) is 1.80. The molecule has 0 atom stereocenters. The van der Waals surface area contributed by atoms with Crippen LogP contribution in [0.5, 0.6) is 17.2 Å². The van der Waals surface area contributed by atoms with E-state index in [-0.39, 0.29) is 35.3 Å². The normalized spacial score (nSPS) is 13.3. The molecule has 0 saturated carbocycles. The highest BCUT2D eigenvalue weighted by atomic mass is 32.1. The van der Waals surface area contributed by atoms with Crippen molar-refractivity contribution in [1.29, 1.82) is 0 Å². The molecule has 1 aliphatic rings. The Morgan fingerprint density at radius 1 is 1.02 bits per heavy atom. The molecule has 0 bridgehead atoms. The van der Waals surface area contributed by atoms with Gasteiger partial charge in [0.2, 0.25) is 4.80 Å². The number of anilines is 1. The number of nitrogens with zero attached hydrogens (tertiary/aromatic N) is 5. The van der Waals surface area contributed by atoms with Crippen LogP contribution < -0.4 is 20.4 Å². The first-order chi connectivity index (χ1) is 19.8. The molecule has 11 nitrogen and oxygen atoms in total. The van der Waals surface area contributed by atoms with Crippen LogP contribution in [0.1, 0.15) is 11.3 Å². The average Bonchev–Trinajstić information content (AvgIpc) is 3.47. The number of phenols is 2. The van der Waals surface area contributed by atoms with E-state index in [0.29, 0.717) is 38.9 Å².